The summed E-state index contributed by atoms with van der Waals surface area (Å²) in [6.45, 7) is -0.322. The molecule has 2 aromatic rings. The van der Waals surface area contributed by atoms with Gasteiger partial charge >= 0.3 is 10.8 Å². The summed E-state index contributed by atoms with van der Waals surface area (Å²) < 4.78 is 1.21. The molecule has 0 atom stereocenters. The first kappa shape index (κ1) is 10.1. The second kappa shape index (κ2) is 3.95. The van der Waals surface area contributed by atoms with E-state index in [0.29, 0.717) is 10.7 Å². The summed E-state index contributed by atoms with van der Waals surface area (Å²) in [5, 5.41) is 12.7. The van der Waals surface area contributed by atoms with Crippen LogP contribution in [-0.4, -0.2) is 20.6 Å². The lowest BCUT2D eigenvalue weighted by Crippen LogP contribution is -2.19. The third-order valence-corrected chi connectivity index (χ3v) is 3.29. The molecule has 0 aromatic carbocycles. The molecule has 0 radical (unpaired) electrons. The van der Waals surface area contributed by atoms with E-state index in [1.165, 1.54) is 15.9 Å². The van der Waals surface area contributed by atoms with Gasteiger partial charge in [-0.05, 0) is 0 Å². The van der Waals surface area contributed by atoms with Gasteiger partial charge in [-0.3, -0.25) is 14.2 Å². The Hall–Kier alpha value is -1.47. The van der Waals surface area contributed by atoms with Crippen LogP contribution in [0.15, 0.2) is 21.8 Å². The van der Waals surface area contributed by atoms with Gasteiger partial charge in [0.15, 0.2) is 0 Å². The quantitative estimate of drug-likeness (QED) is 0.875. The molecule has 15 heavy (non-hydrogen) atoms. The van der Waals surface area contributed by atoms with Crippen molar-refractivity contribution in [2.75, 3.05) is 0 Å². The number of carboxylic acid groups (broad SMARTS) is 1. The molecule has 0 aliphatic heterocycles. The van der Waals surface area contributed by atoms with E-state index in [1.54, 1.807) is 17.0 Å². The molecule has 0 aliphatic carbocycles. The van der Waals surface area contributed by atoms with Crippen LogP contribution in [0.2, 0.25) is 0 Å². The van der Waals surface area contributed by atoms with Gasteiger partial charge in [-0.25, -0.2) is 4.98 Å². The van der Waals surface area contributed by atoms with Gasteiger partial charge in [0.25, 0.3) is 0 Å². The topological polar surface area (TPSA) is 72.2 Å². The third-order valence-electron chi connectivity index (χ3n) is 1.73. The highest BCUT2D eigenvalue weighted by Gasteiger charge is 2.13. The predicted octanol–water partition coefficient (Wildman–Crippen LogP) is 1.12. The van der Waals surface area contributed by atoms with Crippen molar-refractivity contribution in [1.82, 2.24) is 9.55 Å². The Morgan fingerprint density at radius 1 is 1.53 bits per heavy atom. The SMILES string of the molecule is O=C(O)Cn1c(-c2nccs2)csc1=O. The fourth-order valence-electron chi connectivity index (χ4n) is 1.13. The molecule has 0 aliphatic rings. The molecule has 2 rings (SSSR count). The summed E-state index contributed by atoms with van der Waals surface area (Å²) in [6.07, 6.45) is 1.62. The van der Waals surface area contributed by atoms with E-state index in [-0.39, 0.29) is 11.4 Å². The monoisotopic (exact) mass is 242 g/mol. The molecule has 0 bridgehead atoms. The molecule has 0 spiro atoms. The molecule has 0 amide bonds. The zero-order chi connectivity index (χ0) is 10.8. The van der Waals surface area contributed by atoms with Gasteiger partial charge in [0, 0.05) is 17.0 Å². The van der Waals surface area contributed by atoms with Crippen LogP contribution in [0, 0.1) is 0 Å². The van der Waals surface area contributed by atoms with Gasteiger partial charge in [0.05, 0.1) is 5.69 Å². The first-order chi connectivity index (χ1) is 7.18. The minimum atomic E-state index is -1.03. The molecule has 78 valence electrons. The smallest absolute Gasteiger partial charge is 0.323 e. The zero-order valence-electron chi connectivity index (χ0n) is 7.41. The standard InChI is InChI=1S/C8H6N2O3S2/c11-6(12)3-10-5(4-15-8(10)13)7-9-1-2-14-7/h1-2,4H,3H2,(H,11,12). The fraction of sp³-hybridized carbons (Fsp3) is 0.125. The molecule has 2 heterocycles. The lowest BCUT2D eigenvalue weighted by atomic mass is 10.5. The Bertz CT molecular complexity index is 526. The van der Waals surface area contributed by atoms with Crippen LogP contribution < -0.4 is 4.87 Å². The summed E-state index contributed by atoms with van der Waals surface area (Å²) in [6, 6.07) is 0. The molecule has 2 aromatic heterocycles. The van der Waals surface area contributed by atoms with E-state index in [2.05, 4.69) is 4.98 Å². The van der Waals surface area contributed by atoms with E-state index < -0.39 is 5.97 Å². The van der Waals surface area contributed by atoms with Crippen LogP contribution >= 0.6 is 22.7 Å². The summed E-state index contributed by atoms with van der Waals surface area (Å²) in [7, 11) is 0. The second-order valence-corrected chi connectivity index (χ2v) is 4.42. The van der Waals surface area contributed by atoms with Gasteiger partial charge < -0.3 is 5.11 Å². The number of hydrogen-bond donors (Lipinski definition) is 1. The predicted molar refractivity (Wildman–Crippen MR) is 57.3 cm³/mol. The number of nitrogens with zero attached hydrogens (tertiary/aromatic N) is 2. The summed E-state index contributed by atoms with van der Waals surface area (Å²) in [5.74, 6) is -1.03. The molecular formula is C8H6N2O3S2. The zero-order valence-corrected chi connectivity index (χ0v) is 9.05. The molecule has 0 fully saturated rings. The maximum atomic E-state index is 11.4. The Morgan fingerprint density at radius 3 is 2.93 bits per heavy atom. The van der Waals surface area contributed by atoms with Gasteiger partial charge in [-0.2, -0.15) is 0 Å². The van der Waals surface area contributed by atoms with Gasteiger partial charge in [0.1, 0.15) is 11.6 Å². The fourth-order valence-corrected chi connectivity index (χ4v) is 2.61. The Kier molecular flexibility index (Phi) is 2.65. The minimum Gasteiger partial charge on any atom is -0.480 e. The highest BCUT2D eigenvalue weighted by atomic mass is 32.1. The van der Waals surface area contributed by atoms with Crippen LogP contribution in [0.1, 0.15) is 0 Å². The molecule has 0 saturated heterocycles. The van der Waals surface area contributed by atoms with Crippen molar-refractivity contribution in [3.05, 3.63) is 26.6 Å². The average Bonchev–Trinajstić information content (AvgIpc) is 2.76. The summed E-state index contributed by atoms with van der Waals surface area (Å²) >= 11 is 2.36. The number of hydrogen-bond acceptors (Lipinski definition) is 5. The first-order valence-electron chi connectivity index (χ1n) is 3.98. The molecule has 5 nitrogen and oxygen atoms in total. The maximum absolute atomic E-state index is 11.4. The van der Waals surface area contributed by atoms with E-state index in [1.807, 2.05) is 0 Å². The van der Waals surface area contributed by atoms with Crippen LogP contribution in [0.5, 0.6) is 0 Å². The highest BCUT2D eigenvalue weighted by molar-refractivity contribution is 7.13. The van der Waals surface area contributed by atoms with Crippen LogP contribution in [0.25, 0.3) is 10.7 Å². The Labute approximate surface area is 92.3 Å². The van der Waals surface area contributed by atoms with Crippen molar-refractivity contribution in [1.29, 1.82) is 0 Å². The molecule has 7 heteroatoms. The Balaban J connectivity index is 2.49. The van der Waals surface area contributed by atoms with Crippen molar-refractivity contribution in [3.8, 4) is 10.7 Å². The first-order valence-corrected chi connectivity index (χ1v) is 5.74. The summed E-state index contributed by atoms with van der Waals surface area (Å²) in [4.78, 5) is 25.7. The van der Waals surface area contributed by atoms with Crippen molar-refractivity contribution in [3.63, 3.8) is 0 Å². The Morgan fingerprint density at radius 2 is 2.33 bits per heavy atom. The van der Waals surface area contributed by atoms with E-state index in [0.717, 1.165) is 11.3 Å². The number of carbonyl (C=O) groups is 1. The minimum absolute atomic E-state index is 0.275. The number of aliphatic carboxylic acids is 1. The van der Waals surface area contributed by atoms with Crippen molar-refractivity contribution < 1.29 is 9.90 Å². The number of thiazole rings is 2. The van der Waals surface area contributed by atoms with Crippen molar-refractivity contribution in [2.45, 2.75) is 6.54 Å². The molecular weight excluding hydrogens is 236 g/mol. The van der Waals surface area contributed by atoms with Crippen molar-refractivity contribution >= 4 is 28.6 Å². The van der Waals surface area contributed by atoms with Gasteiger partial charge in [-0.1, -0.05) is 11.3 Å². The largest absolute Gasteiger partial charge is 0.480 e. The average molecular weight is 242 g/mol. The summed E-state index contributed by atoms with van der Waals surface area (Å²) in [5.41, 5.74) is 0.572. The third kappa shape index (κ3) is 1.97. The highest BCUT2D eigenvalue weighted by Crippen LogP contribution is 2.21. The van der Waals surface area contributed by atoms with E-state index in [9.17, 15) is 9.59 Å². The number of rotatable bonds is 3. The maximum Gasteiger partial charge on any atom is 0.323 e. The van der Waals surface area contributed by atoms with Crippen LogP contribution in [0.3, 0.4) is 0 Å². The number of aromatic nitrogens is 2. The lowest BCUT2D eigenvalue weighted by molar-refractivity contribution is -0.137. The van der Waals surface area contributed by atoms with Gasteiger partial charge in [-0.15, -0.1) is 11.3 Å². The van der Waals surface area contributed by atoms with Crippen molar-refractivity contribution in [2.24, 2.45) is 0 Å². The normalized spacial score (nSPS) is 10.4. The molecule has 0 unspecified atom stereocenters. The van der Waals surface area contributed by atoms with Gasteiger partial charge in [0.2, 0.25) is 0 Å². The second-order valence-electron chi connectivity index (χ2n) is 2.70. The number of carboxylic acids is 1. The molecule has 1 N–H and O–H groups in total. The van der Waals surface area contributed by atoms with Crippen LogP contribution in [0.4, 0.5) is 0 Å². The van der Waals surface area contributed by atoms with Crippen LogP contribution in [-0.2, 0) is 11.3 Å². The van der Waals surface area contributed by atoms with E-state index >= 15 is 0 Å². The molecule has 0 saturated carbocycles. The van der Waals surface area contributed by atoms with E-state index in [4.69, 9.17) is 5.11 Å². The lowest BCUT2D eigenvalue weighted by Gasteiger charge is -2.00.